The lowest BCUT2D eigenvalue weighted by Crippen LogP contribution is -2.49. The van der Waals surface area contributed by atoms with E-state index in [1.165, 1.54) is 6.42 Å². The molecule has 0 bridgehead atoms. The molecule has 0 aromatic heterocycles. The first-order valence-corrected chi connectivity index (χ1v) is 10.7. The van der Waals surface area contributed by atoms with E-state index in [9.17, 15) is 9.59 Å². The number of fused-ring (bicyclic) bond motifs is 1. The maximum absolute atomic E-state index is 12.4. The summed E-state index contributed by atoms with van der Waals surface area (Å²) in [6.45, 7) is 0. The van der Waals surface area contributed by atoms with Crippen molar-refractivity contribution in [3.05, 3.63) is 48.0 Å². The summed E-state index contributed by atoms with van der Waals surface area (Å²) in [5.74, 6) is 0.323. The molecule has 2 unspecified atom stereocenters. The summed E-state index contributed by atoms with van der Waals surface area (Å²) in [4.78, 5) is 24.5. The molecule has 1 aliphatic rings. The number of carbonyl (C=O) groups is 2. The van der Waals surface area contributed by atoms with E-state index in [0.717, 1.165) is 61.3 Å². The van der Waals surface area contributed by atoms with Crippen LogP contribution in [0.5, 0.6) is 0 Å². The molecule has 0 radical (unpaired) electrons. The molecule has 1 aliphatic carbocycles. The molecule has 0 aliphatic heterocycles. The number of unbranched alkanes of at least 4 members (excludes halogenated alkanes) is 3. The number of ketones is 1. The largest absolute Gasteiger partial charge is 0.352 e. The van der Waals surface area contributed by atoms with Gasteiger partial charge in [-0.2, -0.15) is 0 Å². The van der Waals surface area contributed by atoms with Gasteiger partial charge in [0.05, 0.1) is 0 Å². The van der Waals surface area contributed by atoms with Crippen LogP contribution in [-0.2, 0) is 4.79 Å². The molecule has 1 amide bonds. The van der Waals surface area contributed by atoms with Crippen LogP contribution in [0, 0.1) is 0 Å². The van der Waals surface area contributed by atoms with Gasteiger partial charge in [0.25, 0.3) is 0 Å². The molecule has 3 rings (SSSR count). The Balaban J connectivity index is 1.30. The van der Waals surface area contributed by atoms with Gasteiger partial charge in [-0.05, 0) is 42.5 Å². The Morgan fingerprint density at radius 3 is 2.39 bits per heavy atom. The second-order valence-corrected chi connectivity index (χ2v) is 8.02. The molecule has 0 spiro atoms. The Bertz CT molecular complexity index is 802. The van der Waals surface area contributed by atoms with Crippen molar-refractivity contribution in [1.82, 2.24) is 5.32 Å². The molecule has 28 heavy (non-hydrogen) atoms. The van der Waals surface area contributed by atoms with E-state index in [4.69, 9.17) is 5.73 Å². The van der Waals surface area contributed by atoms with Gasteiger partial charge in [0, 0.05) is 30.5 Å². The molecule has 3 N–H and O–H groups in total. The predicted molar refractivity (Wildman–Crippen MR) is 114 cm³/mol. The fourth-order valence-corrected chi connectivity index (χ4v) is 4.05. The van der Waals surface area contributed by atoms with Crippen LogP contribution in [0.15, 0.2) is 42.5 Å². The highest BCUT2D eigenvalue weighted by atomic mass is 16.1. The van der Waals surface area contributed by atoms with Crippen molar-refractivity contribution in [2.24, 2.45) is 5.73 Å². The number of carbonyl (C=O) groups excluding carboxylic acids is 2. The summed E-state index contributed by atoms with van der Waals surface area (Å²) < 4.78 is 0. The number of nitrogens with one attached hydrogen (secondary N) is 1. The van der Waals surface area contributed by atoms with Crippen molar-refractivity contribution in [3.8, 4) is 0 Å². The quantitative estimate of drug-likeness (QED) is 0.487. The van der Waals surface area contributed by atoms with Crippen molar-refractivity contribution < 1.29 is 9.59 Å². The highest BCUT2D eigenvalue weighted by Crippen LogP contribution is 2.19. The zero-order chi connectivity index (χ0) is 19.8. The van der Waals surface area contributed by atoms with Crippen LogP contribution in [0.3, 0.4) is 0 Å². The van der Waals surface area contributed by atoms with Crippen molar-refractivity contribution >= 4 is 22.5 Å². The average Bonchev–Trinajstić information content (AvgIpc) is 2.71. The fourth-order valence-electron chi connectivity index (χ4n) is 4.05. The van der Waals surface area contributed by atoms with E-state index in [1.807, 2.05) is 36.4 Å². The summed E-state index contributed by atoms with van der Waals surface area (Å²) in [6.07, 6.45) is 9.18. The summed E-state index contributed by atoms with van der Waals surface area (Å²) >= 11 is 0. The summed E-state index contributed by atoms with van der Waals surface area (Å²) in [5.41, 5.74) is 6.88. The van der Waals surface area contributed by atoms with Crippen LogP contribution < -0.4 is 11.1 Å². The van der Waals surface area contributed by atoms with Crippen molar-refractivity contribution in [2.75, 3.05) is 0 Å². The lowest BCUT2D eigenvalue weighted by atomic mass is 9.91. The molecule has 2 aromatic carbocycles. The van der Waals surface area contributed by atoms with Crippen molar-refractivity contribution in [1.29, 1.82) is 0 Å². The summed E-state index contributed by atoms with van der Waals surface area (Å²) in [7, 11) is 0. The monoisotopic (exact) mass is 380 g/mol. The Hall–Kier alpha value is -2.20. The standard InChI is InChI=1S/C24H32N2O2/c25-21-11-7-8-12-22(21)26-24(28)14-4-2-1-3-13-23(27)20-16-15-18-9-5-6-10-19(18)17-20/h5-6,9-10,15-17,21-22H,1-4,7-8,11-14,25H2,(H,26,28). The van der Waals surface area contributed by atoms with E-state index < -0.39 is 0 Å². The van der Waals surface area contributed by atoms with Gasteiger partial charge in [0.15, 0.2) is 5.78 Å². The minimum absolute atomic E-state index is 0.110. The third kappa shape index (κ3) is 5.90. The van der Waals surface area contributed by atoms with Crippen molar-refractivity contribution in [3.63, 3.8) is 0 Å². The molecule has 150 valence electrons. The Morgan fingerprint density at radius 2 is 1.61 bits per heavy atom. The van der Waals surface area contributed by atoms with Gasteiger partial charge in [0.1, 0.15) is 0 Å². The number of amides is 1. The van der Waals surface area contributed by atoms with E-state index in [-0.39, 0.29) is 23.8 Å². The normalized spacial score (nSPS) is 19.5. The molecular formula is C24H32N2O2. The zero-order valence-electron chi connectivity index (χ0n) is 16.7. The molecule has 1 fully saturated rings. The van der Waals surface area contributed by atoms with Crippen molar-refractivity contribution in [2.45, 2.75) is 76.3 Å². The van der Waals surface area contributed by atoms with Gasteiger partial charge >= 0.3 is 0 Å². The van der Waals surface area contributed by atoms with Crippen LogP contribution in [0.4, 0.5) is 0 Å². The molecule has 2 atom stereocenters. The van der Waals surface area contributed by atoms with Gasteiger partial charge in [-0.25, -0.2) is 0 Å². The smallest absolute Gasteiger partial charge is 0.220 e. The van der Waals surface area contributed by atoms with Crippen LogP contribution in [0.25, 0.3) is 10.8 Å². The first kappa shape index (κ1) is 20.5. The van der Waals surface area contributed by atoms with E-state index in [2.05, 4.69) is 11.4 Å². The number of hydrogen-bond donors (Lipinski definition) is 2. The van der Waals surface area contributed by atoms with Crippen LogP contribution in [0.1, 0.15) is 74.6 Å². The maximum atomic E-state index is 12.4. The van der Waals surface area contributed by atoms with Gasteiger partial charge in [-0.3, -0.25) is 9.59 Å². The number of Topliss-reactive ketones (excluding diaryl/α,β-unsaturated/α-hetero) is 1. The number of benzene rings is 2. The minimum Gasteiger partial charge on any atom is -0.352 e. The van der Waals surface area contributed by atoms with Gasteiger partial charge in [-0.15, -0.1) is 0 Å². The highest BCUT2D eigenvalue weighted by Gasteiger charge is 2.22. The van der Waals surface area contributed by atoms with E-state index >= 15 is 0 Å². The Kier molecular flexibility index (Phi) is 7.61. The lowest BCUT2D eigenvalue weighted by Gasteiger charge is -2.29. The van der Waals surface area contributed by atoms with Crippen LogP contribution in [-0.4, -0.2) is 23.8 Å². The predicted octanol–water partition coefficient (Wildman–Crippen LogP) is 4.75. The Morgan fingerprint density at radius 1 is 0.893 bits per heavy atom. The second-order valence-electron chi connectivity index (χ2n) is 8.02. The Labute approximate surface area is 167 Å². The molecule has 1 saturated carbocycles. The molecule has 4 nitrogen and oxygen atoms in total. The lowest BCUT2D eigenvalue weighted by molar-refractivity contribution is -0.122. The summed E-state index contributed by atoms with van der Waals surface area (Å²) in [6, 6.07) is 14.3. The molecular weight excluding hydrogens is 348 g/mol. The first-order chi connectivity index (χ1) is 13.6. The van der Waals surface area contributed by atoms with Gasteiger partial charge in [0.2, 0.25) is 5.91 Å². The van der Waals surface area contributed by atoms with E-state index in [0.29, 0.717) is 12.8 Å². The maximum Gasteiger partial charge on any atom is 0.220 e. The van der Waals surface area contributed by atoms with E-state index in [1.54, 1.807) is 0 Å². The fraction of sp³-hybridized carbons (Fsp3) is 0.500. The van der Waals surface area contributed by atoms with Gasteiger partial charge in [-0.1, -0.05) is 62.1 Å². The third-order valence-electron chi connectivity index (χ3n) is 5.79. The average molecular weight is 381 g/mol. The SMILES string of the molecule is NC1CCCCC1NC(=O)CCCCCCC(=O)c1ccc2ccccc2c1. The third-order valence-corrected chi connectivity index (χ3v) is 5.79. The summed E-state index contributed by atoms with van der Waals surface area (Å²) in [5, 5.41) is 5.36. The zero-order valence-corrected chi connectivity index (χ0v) is 16.7. The number of hydrogen-bond acceptors (Lipinski definition) is 3. The number of rotatable bonds is 9. The number of nitrogens with two attached hydrogens (primary N) is 1. The second kappa shape index (κ2) is 10.4. The molecule has 2 aromatic rings. The first-order valence-electron chi connectivity index (χ1n) is 10.7. The topological polar surface area (TPSA) is 72.2 Å². The molecule has 0 heterocycles. The molecule has 0 saturated heterocycles. The molecule has 4 heteroatoms. The minimum atomic E-state index is 0.110. The van der Waals surface area contributed by atoms with Crippen LogP contribution >= 0.6 is 0 Å². The van der Waals surface area contributed by atoms with Gasteiger partial charge < -0.3 is 11.1 Å². The highest BCUT2D eigenvalue weighted by molar-refractivity contribution is 5.99. The van der Waals surface area contributed by atoms with Crippen LogP contribution in [0.2, 0.25) is 0 Å².